The number of nitrogens with zero attached hydrogens (tertiary/aromatic N) is 2. The third-order valence-corrected chi connectivity index (χ3v) is 9.99. The Morgan fingerprint density at radius 1 is 1.00 bits per heavy atom. The maximum atomic E-state index is 14.0. The van der Waals surface area contributed by atoms with E-state index in [0.29, 0.717) is 18.9 Å². The van der Waals surface area contributed by atoms with Gasteiger partial charge in [0.2, 0.25) is 11.8 Å². The molecule has 3 fully saturated rings. The maximum absolute atomic E-state index is 14.0. The lowest BCUT2D eigenvalue weighted by Gasteiger charge is -2.36. The van der Waals surface area contributed by atoms with Gasteiger partial charge in [-0.1, -0.05) is 79.6 Å². The highest BCUT2D eigenvalue weighted by atomic mass is 16.5. The number of ether oxygens (including phenoxy) is 1. The second-order valence-corrected chi connectivity index (χ2v) is 13.0. The van der Waals surface area contributed by atoms with Crippen molar-refractivity contribution in [3.8, 4) is 5.75 Å². The number of phenols is 1. The van der Waals surface area contributed by atoms with Crippen LogP contribution in [0.5, 0.6) is 5.75 Å². The molecule has 0 radical (unpaired) electrons. The van der Waals surface area contributed by atoms with Crippen molar-refractivity contribution in [1.82, 2.24) is 9.80 Å². The summed E-state index contributed by atoms with van der Waals surface area (Å²) in [6.45, 7) is 9.73. The van der Waals surface area contributed by atoms with Crippen molar-refractivity contribution in [2.45, 2.75) is 71.6 Å². The van der Waals surface area contributed by atoms with Crippen LogP contribution in [0.25, 0.3) is 6.08 Å². The molecule has 6 heteroatoms. The van der Waals surface area contributed by atoms with E-state index in [1.54, 1.807) is 11.0 Å². The zero-order chi connectivity index (χ0) is 29.4. The number of imide groups is 1. The lowest BCUT2D eigenvalue weighted by atomic mass is 9.67. The highest BCUT2D eigenvalue weighted by Gasteiger charge is 2.58. The van der Waals surface area contributed by atoms with Crippen molar-refractivity contribution in [3.63, 3.8) is 0 Å². The number of hydrogen-bond donors (Lipinski definition) is 1. The molecule has 6 rings (SSSR count). The van der Waals surface area contributed by atoms with Crippen LogP contribution in [0, 0.1) is 23.7 Å². The zero-order valence-corrected chi connectivity index (χ0v) is 25.2. The molecule has 42 heavy (non-hydrogen) atoms. The number of carbonyl (C=O) groups excluding carboxylic acids is 2. The Balaban J connectivity index is 1.14. The van der Waals surface area contributed by atoms with Gasteiger partial charge in [0.1, 0.15) is 5.75 Å². The number of benzene rings is 2. The number of para-hydroxylation sites is 1. The van der Waals surface area contributed by atoms with E-state index in [1.165, 1.54) is 22.3 Å². The van der Waals surface area contributed by atoms with Gasteiger partial charge < -0.3 is 9.84 Å². The van der Waals surface area contributed by atoms with Crippen LogP contribution in [0.1, 0.15) is 64.0 Å². The molecule has 0 saturated carbocycles. The Bertz CT molecular complexity index is 1370. The van der Waals surface area contributed by atoms with Crippen molar-refractivity contribution in [1.29, 1.82) is 0 Å². The minimum Gasteiger partial charge on any atom is -0.507 e. The summed E-state index contributed by atoms with van der Waals surface area (Å²) in [5.41, 5.74) is 5.92. The van der Waals surface area contributed by atoms with Crippen molar-refractivity contribution >= 4 is 17.9 Å². The smallest absolute Gasteiger partial charge is 0.234 e. The summed E-state index contributed by atoms with van der Waals surface area (Å²) >= 11 is 0. The van der Waals surface area contributed by atoms with Crippen LogP contribution in [-0.2, 0) is 20.9 Å². The molecule has 1 aliphatic carbocycles. The quantitative estimate of drug-likeness (QED) is 0.303. The first-order valence-electron chi connectivity index (χ1n) is 15.7. The lowest BCUT2D eigenvalue weighted by molar-refractivity contribution is -0.144. The summed E-state index contributed by atoms with van der Waals surface area (Å²) in [6.07, 6.45) is 6.05. The van der Waals surface area contributed by atoms with Gasteiger partial charge in [-0.15, -0.1) is 0 Å². The number of amides is 2. The molecule has 4 aliphatic rings. The summed E-state index contributed by atoms with van der Waals surface area (Å²) in [4.78, 5) is 32.0. The molecule has 222 valence electrons. The first-order chi connectivity index (χ1) is 20.3. The summed E-state index contributed by atoms with van der Waals surface area (Å²) in [6, 6.07) is 17.9. The fourth-order valence-corrected chi connectivity index (χ4v) is 7.83. The number of hydrogen-bond acceptors (Lipinski definition) is 5. The summed E-state index contributed by atoms with van der Waals surface area (Å²) in [7, 11) is 0. The van der Waals surface area contributed by atoms with E-state index < -0.39 is 0 Å². The van der Waals surface area contributed by atoms with Crippen molar-refractivity contribution in [2.24, 2.45) is 23.7 Å². The summed E-state index contributed by atoms with van der Waals surface area (Å²) in [5.74, 6) is 0.131. The Labute approximate surface area is 250 Å². The molecule has 2 aromatic carbocycles. The Kier molecular flexibility index (Phi) is 8.37. The average molecular weight is 569 g/mol. The first kappa shape index (κ1) is 28.9. The second kappa shape index (κ2) is 12.2. The second-order valence-electron chi connectivity index (χ2n) is 13.0. The SMILES string of the molecule is C/C(=C\c1ccccc1O)CC[C@H]1OC[C@H]2C1=C(C(C)C)C[C@H]1C(=O)N(C3CCN(Cc4ccccc4)CC3)C(=O)[C@H]12. The first-order valence-corrected chi connectivity index (χ1v) is 15.7. The van der Waals surface area contributed by atoms with Gasteiger partial charge in [0, 0.05) is 37.2 Å². The van der Waals surface area contributed by atoms with Crippen LogP contribution in [0.2, 0.25) is 0 Å². The molecular weight excluding hydrogens is 524 g/mol. The number of fused-ring (bicyclic) bond motifs is 3. The predicted molar refractivity (Wildman–Crippen MR) is 164 cm³/mol. The van der Waals surface area contributed by atoms with Gasteiger partial charge in [-0.25, -0.2) is 0 Å². The van der Waals surface area contributed by atoms with Crippen LogP contribution >= 0.6 is 0 Å². The molecule has 2 amide bonds. The van der Waals surface area contributed by atoms with Crippen LogP contribution in [0.15, 0.2) is 71.3 Å². The molecule has 3 saturated heterocycles. The van der Waals surface area contributed by atoms with Gasteiger partial charge in [-0.05, 0) is 62.1 Å². The van der Waals surface area contributed by atoms with Gasteiger partial charge in [0.25, 0.3) is 0 Å². The van der Waals surface area contributed by atoms with Gasteiger partial charge in [0.05, 0.1) is 24.5 Å². The lowest BCUT2D eigenvalue weighted by Crippen LogP contribution is -2.47. The van der Waals surface area contributed by atoms with E-state index >= 15 is 0 Å². The van der Waals surface area contributed by atoms with Crippen molar-refractivity contribution in [3.05, 3.63) is 82.4 Å². The van der Waals surface area contributed by atoms with Crippen molar-refractivity contribution < 1.29 is 19.4 Å². The van der Waals surface area contributed by atoms with E-state index in [-0.39, 0.29) is 47.5 Å². The topological polar surface area (TPSA) is 70.1 Å². The zero-order valence-electron chi connectivity index (χ0n) is 25.2. The maximum Gasteiger partial charge on any atom is 0.234 e. The minimum atomic E-state index is -0.291. The average Bonchev–Trinajstić information content (AvgIpc) is 3.52. The normalized spacial score (nSPS) is 27.2. The monoisotopic (exact) mass is 568 g/mol. The fraction of sp³-hybridized carbons (Fsp3) is 0.500. The van der Waals surface area contributed by atoms with E-state index in [0.717, 1.165) is 50.9 Å². The van der Waals surface area contributed by atoms with Gasteiger partial charge >= 0.3 is 0 Å². The third kappa shape index (κ3) is 5.59. The number of rotatable bonds is 8. The van der Waals surface area contributed by atoms with E-state index in [1.807, 2.05) is 30.3 Å². The molecule has 3 aliphatic heterocycles. The molecule has 0 spiro atoms. The van der Waals surface area contributed by atoms with Gasteiger partial charge in [0.15, 0.2) is 0 Å². The highest BCUT2D eigenvalue weighted by Crippen LogP contribution is 2.52. The predicted octanol–water partition coefficient (Wildman–Crippen LogP) is 6.21. The Morgan fingerprint density at radius 3 is 2.43 bits per heavy atom. The minimum absolute atomic E-state index is 0.00567. The van der Waals surface area contributed by atoms with Crippen LogP contribution < -0.4 is 0 Å². The molecule has 0 unspecified atom stereocenters. The Hall–Kier alpha value is -3.22. The molecule has 3 heterocycles. The highest BCUT2D eigenvalue weighted by molar-refractivity contribution is 6.06. The Morgan fingerprint density at radius 2 is 1.71 bits per heavy atom. The summed E-state index contributed by atoms with van der Waals surface area (Å²) < 4.78 is 6.42. The standard InChI is InChI=1S/C36H44N2O4/c1-23(2)28-20-29-34(30-22-42-32(33(28)30)14-13-24(3)19-26-11-7-8-12-31(26)39)36(41)38(35(29)40)27-15-17-37(18-16-27)21-25-9-5-4-6-10-25/h4-12,19,23,27,29-30,32,34,39H,13-18,20-22H2,1-3H3/b24-19+/t29-,30+,32-,34-/m1/s1. The van der Waals surface area contributed by atoms with E-state index in [2.05, 4.69) is 49.9 Å². The van der Waals surface area contributed by atoms with Gasteiger partial charge in [-0.2, -0.15) is 0 Å². The molecular formula is C36H44N2O4. The number of phenolic OH excluding ortho intramolecular Hbond substituents is 1. The largest absolute Gasteiger partial charge is 0.507 e. The van der Waals surface area contributed by atoms with E-state index in [9.17, 15) is 14.7 Å². The van der Waals surface area contributed by atoms with Crippen LogP contribution in [0.3, 0.4) is 0 Å². The molecule has 0 aromatic heterocycles. The molecule has 4 atom stereocenters. The van der Waals surface area contributed by atoms with Gasteiger partial charge in [-0.3, -0.25) is 19.4 Å². The molecule has 0 bridgehead atoms. The van der Waals surface area contributed by atoms with Crippen LogP contribution in [0.4, 0.5) is 0 Å². The van der Waals surface area contributed by atoms with E-state index in [4.69, 9.17) is 4.74 Å². The molecule has 1 N–H and O–H groups in total. The third-order valence-electron chi connectivity index (χ3n) is 9.99. The van der Waals surface area contributed by atoms with Crippen molar-refractivity contribution in [2.75, 3.05) is 19.7 Å². The fourth-order valence-electron chi connectivity index (χ4n) is 7.83. The summed E-state index contributed by atoms with van der Waals surface area (Å²) in [5, 5.41) is 10.2. The number of carbonyl (C=O) groups is 2. The van der Waals surface area contributed by atoms with Crippen LogP contribution in [-0.4, -0.2) is 58.6 Å². The number of likely N-dealkylation sites (tertiary alicyclic amines) is 2. The molecule has 2 aromatic rings. The number of allylic oxidation sites excluding steroid dienone is 2. The number of piperidine rings is 1. The number of aromatic hydroxyl groups is 1. The molecule has 6 nitrogen and oxygen atoms in total.